The van der Waals surface area contributed by atoms with E-state index in [1.165, 1.54) is 11.3 Å². The van der Waals surface area contributed by atoms with Crippen molar-refractivity contribution in [1.82, 2.24) is 4.98 Å². The fourth-order valence-electron chi connectivity index (χ4n) is 2.35. The first-order chi connectivity index (χ1) is 9.71. The van der Waals surface area contributed by atoms with Crippen LogP contribution in [0.2, 0.25) is 0 Å². The highest BCUT2D eigenvalue weighted by Gasteiger charge is 2.23. The Hall–Kier alpha value is -1.88. The lowest BCUT2D eigenvalue weighted by molar-refractivity contribution is 0.111. The van der Waals surface area contributed by atoms with Gasteiger partial charge in [0.15, 0.2) is 6.29 Å². The Kier molecular flexibility index (Phi) is 3.44. The summed E-state index contributed by atoms with van der Waals surface area (Å²) < 4.78 is 11.5. The van der Waals surface area contributed by atoms with Gasteiger partial charge in [-0.3, -0.25) is 4.79 Å². The SMILES string of the molecule is CCOc1cc2c(cc1-c1nc(C=O)cs1)OC(C)C2. The summed E-state index contributed by atoms with van der Waals surface area (Å²) in [5.74, 6) is 1.69. The third-order valence-electron chi connectivity index (χ3n) is 3.17. The van der Waals surface area contributed by atoms with Crippen molar-refractivity contribution < 1.29 is 14.3 Å². The van der Waals surface area contributed by atoms with Crippen molar-refractivity contribution in [2.45, 2.75) is 26.4 Å². The number of thiazole rings is 1. The maximum Gasteiger partial charge on any atom is 0.169 e. The molecule has 5 heteroatoms. The van der Waals surface area contributed by atoms with Crippen LogP contribution >= 0.6 is 11.3 Å². The Labute approximate surface area is 121 Å². The number of benzene rings is 1. The first-order valence-electron chi connectivity index (χ1n) is 6.58. The Balaban J connectivity index is 2.08. The molecule has 3 rings (SSSR count). The van der Waals surface area contributed by atoms with Gasteiger partial charge in [-0.1, -0.05) is 0 Å². The first kappa shape index (κ1) is 13.1. The first-order valence-corrected chi connectivity index (χ1v) is 7.46. The molecule has 0 fully saturated rings. The molecule has 20 heavy (non-hydrogen) atoms. The average molecular weight is 289 g/mol. The van der Waals surface area contributed by atoms with Gasteiger partial charge in [0.25, 0.3) is 0 Å². The van der Waals surface area contributed by atoms with E-state index >= 15 is 0 Å². The van der Waals surface area contributed by atoms with Gasteiger partial charge in [0.1, 0.15) is 28.3 Å². The van der Waals surface area contributed by atoms with Gasteiger partial charge in [0.2, 0.25) is 0 Å². The highest BCUT2D eigenvalue weighted by molar-refractivity contribution is 7.13. The molecule has 0 saturated carbocycles. The van der Waals surface area contributed by atoms with Crippen molar-refractivity contribution in [2.24, 2.45) is 0 Å². The van der Waals surface area contributed by atoms with E-state index in [1.54, 1.807) is 5.38 Å². The van der Waals surface area contributed by atoms with Gasteiger partial charge in [0, 0.05) is 17.4 Å². The molecular formula is C15H15NO3S. The molecule has 0 radical (unpaired) electrons. The van der Waals surface area contributed by atoms with Crippen LogP contribution in [0.5, 0.6) is 11.5 Å². The van der Waals surface area contributed by atoms with Crippen LogP contribution in [0.15, 0.2) is 17.5 Å². The molecule has 0 spiro atoms. The van der Waals surface area contributed by atoms with E-state index in [9.17, 15) is 4.79 Å². The van der Waals surface area contributed by atoms with Crippen molar-refractivity contribution >= 4 is 17.6 Å². The minimum Gasteiger partial charge on any atom is -0.493 e. The van der Waals surface area contributed by atoms with Crippen LogP contribution in [0.1, 0.15) is 29.9 Å². The topological polar surface area (TPSA) is 48.4 Å². The van der Waals surface area contributed by atoms with Crippen LogP contribution in [0.4, 0.5) is 0 Å². The number of carbonyl (C=O) groups excluding carboxylic acids is 1. The van der Waals surface area contributed by atoms with Gasteiger partial charge in [-0.05, 0) is 26.0 Å². The van der Waals surface area contributed by atoms with Gasteiger partial charge in [-0.2, -0.15) is 0 Å². The van der Waals surface area contributed by atoms with Crippen LogP contribution in [0.25, 0.3) is 10.6 Å². The van der Waals surface area contributed by atoms with E-state index in [1.807, 2.05) is 26.0 Å². The molecule has 104 valence electrons. The third-order valence-corrected chi connectivity index (χ3v) is 4.06. The van der Waals surface area contributed by atoms with Crippen LogP contribution in [-0.4, -0.2) is 24.0 Å². The minimum atomic E-state index is 0.191. The van der Waals surface area contributed by atoms with Crippen molar-refractivity contribution in [3.63, 3.8) is 0 Å². The van der Waals surface area contributed by atoms with Crippen LogP contribution < -0.4 is 9.47 Å². The second-order valence-electron chi connectivity index (χ2n) is 4.72. The van der Waals surface area contributed by atoms with E-state index in [0.29, 0.717) is 12.3 Å². The number of ether oxygens (including phenoxy) is 2. The molecule has 1 aliphatic rings. The number of rotatable bonds is 4. The zero-order valence-corrected chi connectivity index (χ0v) is 12.2. The molecule has 0 N–H and O–H groups in total. The molecule has 4 nitrogen and oxygen atoms in total. The number of fused-ring (bicyclic) bond motifs is 1. The molecule has 0 aliphatic carbocycles. The lowest BCUT2D eigenvalue weighted by Crippen LogP contribution is -2.05. The monoisotopic (exact) mass is 289 g/mol. The number of aldehydes is 1. The fraction of sp³-hybridized carbons (Fsp3) is 0.333. The standard InChI is InChI=1S/C15H15NO3S/c1-3-18-14-5-10-4-9(2)19-13(10)6-12(14)15-16-11(7-17)8-20-15/h5-9H,3-4H2,1-2H3. The predicted molar refractivity (Wildman–Crippen MR) is 77.9 cm³/mol. The van der Waals surface area contributed by atoms with E-state index in [4.69, 9.17) is 9.47 Å². The lowest BCUT2D eigenvalue weighted by atomic mass is 10.1. The molecule has 0 bridgehead atoms. The second-order valence-corrected chi connectivity index (χ2v) is 5.58. The molecule has 2 heterocycles. The van der Waals surface area contributed by atoms with Gasteiger partial charge in [-0.15, -0.1) is 11.3 Å². The number of carbonyl (C=O) groups is 1. The van der Waals surface area contributed by atoms with Crippen molar-refractivity contribution in [3.8, 4) is 22.1 Å². The largest absolute Gasteiger partial charge is 0.493 e. The Bertz CT molecular complexity index is 651. The molecular weight excluding hydrogens is 274 g/mol. The second kappa shape index (κ2) is 5.25. The molecule has 0 saturated heterocycles. The van der Waals surface area contributed by atoms with Gasteiger partial charge in [0.05, 0.1) is 12.2 Å². The zero-order valence-electron chi connectivity index (χ0n) is 11.4. The van der Waals surface area contributed by atoms with E-state index in [-0.39, 0.29) is 6.10 Å². The van der Waals surface area contributed by atoms with Crippen molar-refractivity contribution in [2.75, 3.05) is 6.61 Å². The average Bonchev–Trinajstić information content (AvgIpc) is 3.03. The number of hydrogen-bond donors (Lipinski definition) is 0. The molecule has 1 aromatic carbocycles. The van der Waals surface area contributed by atoms with Crippen LogP contribution in [0.3, 0.4) is 0 Å². The van der Waals surface area contributed by atoms with Gasteiger partial charge >= 0.3 is 0 Å². The van der Waals surface area contributed by atoms with Crippen LogP contribution in [0, 0.1) is 0 Å². The number of nitrogens with zero attached hydrogens (tertiary/aromatic N) is 1. The minimum absolute atomic E-state index is 0.191. The van der Waals surface area contributed by atoms with E-state index in [2.05, 4.69) is 4.98 Å². The fourth-order valence-corrected chi connectivity index (χ4v) is 3.13. The van der Waals surface area contributed by atoms with Crippen molar-refractivity contribution in [1.29, 1.82) is 0 Å². The summed E-state index contributed by atoms with van der Waals surface area (Å²) in [7, 11) is 0. The maximum atomic E-state index is 10.8. The highest BCUT2D eigenvalue weighted by atomic mass is 32.1. The number of aromatic nitrogens is 1. The summed E-state index contributed by atoms with van der Waals surface area (Å²) in [6.07, 6.45) is 1.84. The molecule has 1 aromatic heterocycles. The quantitative estimate of drug-likeness (QED) is 0.810. The summed E-state index contributed by atoms with van der Waals surface area (Å²) in [5.41, 5.74) is 2.50. The Morgan fingerprint density at radius 3 is 3.10 bits per heavy atom. The maximum absolute atomic E-state index is 10.8. The Morgan fingerprint density at radius 1 is 1.55 bits per heavy atom. The van der Waals surface area contributed by atoms with Crippen molar-refractivity contribution in [3.05, 3.63) is 28.8 Å². The molecule has 0 amide bonds. The summed E-state index contributed by atoms with van der Waals surface area (Å²) in [6, 6.07) is 4.00. The zero-order chi connectivity index (χ0) is 14.1. The van der Waals surface area contributed by atoms with E-state index < -0.39 is 0 Å². The van der Waals surface area contributed by atoms with E-state index in [0.717, 1.165) is 40.3 Å². The summed E-state index contributed by atoms with van der Waals surface area (Å²) in [5, 5.41) is 2.52. The normalized spacial score (nSPS) is 16.6. The summed E-state index contributed by atoms with van der Waals surface area (Å²) >= 11 is 1.44. The smallest absolute Gasteiger partial charge is 0.169 e. The summed E-state index contributed by atoms with van der Waals surface area (Å²) in [4.78, 5) is 15.1. The summed E-state index contributed by atoms with van der Waals surface area (Å²) in [6.45, 7) is 4.59. The molecule has 1 atom stereocenters. The molecule has 2 aromatic rings. The van der Waals surface area contributed by atoms with Gasteiger partial charge in [-0.25, -0.2) is 4.98 Å². The lowest BCUT2D eigenvalue weighted by Gasteiger charge is -2.10. The third kappa shape index (κ3) is 2.29. The number of hydrogen-bond acceptors (Lipinski definition) is 5. The molecule has 1 aliphatic heterocycles. The predicted octanol–water partition coefficient (Wildman–Crippen LogP) is 3.34. The van der Waals surface area contributed by atoms with Gasteiger partial charge < -0.3 is 9.47 Å². The molecule has 1 unspecified atom stereocenters. The van der Waals surface area contributed by atoms with Crippen LogP contribution in [-0.2, 0) is 6.42 Å². The Morgan fingerprint density at radius 2 is 2.40 bits per heavy atom. The highest BCUT2D eigenvalue weighted by Crippen LogP contribution is 2.40.